The summed E-state index contributed by atoms with van der Waals surface area (Å²) >= 11 is 0. The Labute approximate surface area is 130 Å². The largest absolute Gasteiger partial charge is 0.444 e. The minimum Gasteiger partial charge on any atom is -0.444 e. The third-order valence-corrected chi connectivity index (χ3v) is 2.73. The molecular formula is C17H21N3O2. The predicted octanol–water partition coefficient (Wildman–Crippen LogP) is 4.04. The number of hydrogen-bond acceptors (Lipinski definition) is 4. The molecule has 1 amide bonds. The molecule has 0 aliphatic rings. The first kappa shape index (κ1) is 15.8. The topological polar surface area (TPSA) is 63.2 Å². The van der Waals surface area contributed by atoms with Gasteiger partial charge in [-0.1, -0.05) is 12.1 Å². The average molecular weight is 299 g/mol. The summed E-state index contributed by atoms with van der Waals surface area (Å²) in [6.07, 6.45) is 3.10. The van der Waals surface area contributed by atoms with Gasteiger partial charge in [0.2, 0.25) is 0 Å². The Morgan fingerprint density at radius 3 is 2.64 bits per heavy atom. The first-order chi connectivity index (χ1) is 10.4. The van der Waals surface area contributed by atoms with E-state index >= 15 is 0 Å². The Kier molecular flexibility index (Phi) is 4.99. The molecule has 1 heterocycles. The molecule has 2 aromatic rings. The van der Waals surface area contributed by atoms with Crippen LogP contribution in [0.15, 0.2) is 48.8 Å². The number of carbonyl (C=O) groups excluding carboxylic acids is 1. The smallest absolute Gasteiger partial charge is 0.412 e. The van der Waals surface area contributed by atoms with Crippen molar-refractivity contribution in [3.63, 3.8) is 0 Å². The second-order valence-electron chi connectivity index (χ2n) is 5.92. The average Bonchev–Trinajstić information content (AvgIpc) is 2.44. The van der Waals surface area contributed by atoms with Gasteiger partial charge >= 0.3 is 6.09 Å². The van der Waals surface area contributed by atoms with Crippen LogP contribution >= 0.6 is 0 Å². The number of benzene rings is 1. The zero-order valence-electron chi connectivity index (χ0n) is 13.1. The fraction of sp³-hybridized carbons (Fsp3) is 0.294. The van der Waals surface area contributed by atoms with Crippen LogP contribution < -0.4 is 10.6 Å². The molecule has 0 aliphatic heterocycles. The van der Waals surface area contributed by atoms with Gasteiger partial charge in [0, 0.05) is 30.3 Å². The zero-order chi connectivity index (χ0) is 16.0. The minimum absolute atomic E-state index is 0.461. The molecule has 116 valence electrons. The number of pyridine rings is 1. The van der Waals surface area contributed by atoms with Gasteiger partial charge in [-0.2, -0.15) is 0 Å². The molecule has 0 saturated carbocycles. The van der Waals surface area contributed by atoms with Crippen molar-refractivity contribution in [3.05, 3.63) is 54.4 Å². The molecule has 22 heavy (non-hydrogen) atoms. The highest BCUT2D eigenvalue weighted by Crippen LogP contribution is 2.17. The maximum Gasteiger partial charge on any atom is 0.412 e. The summed E-state index contributed by atoms with van der Waals surface area (Å²) in [6, 6.07) is 11.4. The first-order valence-electron chi connectivity index (χ1n) is 7.15. The number of ether oxygens (including phenoxy) is 1. The number of aromatic nitrogens is 1. The molecule has 5 nitrogen and oxygen atoms in total. The predicted molar refractivity (Wildman–Crippen MR) is 87.9 cm³/mol. The normalized spacial score (nSPS) is 10.9. The molecule has 2 N–H and O–H groups in total. The van der Waals surface area contributed by atoms with E-state index in [1.165, 1.54) is 0 Å². The quantitative estimate of drug-likeness (QED) is 0.894. The number of carbonyl (C=O) groups is 1. The van der Waals surface area contributed by atoms with Gasteiger partial charge in [-0.3, -0.25) is 10.3 Å². The molecule has 5 heteroatoms. The summed E-state index contributed by atoms with van der Waals surface area (Å²) in [6.45, 7) is 6.17. The van der Waals surface area contributed by atoms with E-state index in [0.717, 1.165) is 11.3 Å². The van der Waals surface area contributed by atoms with Crippen molar-refractivity contribution >= 4 is 17.5 Å². The van der Waals surface area contributed by atoms with E-state index in [9.17, 15) is 4.79 Å². The van der Waals surface area contributed by atoms with Gasteiger partial charge < -0.3 is 10.1 Å². The van der Waals surface area contributed by atoms with Gasteiger partial charge in [-0.05, 0) is 50.6 Å². The van der Waals surface area contributed by atoms with E-state index in [1.807, 2.05) is 63.4 Å². The lowest BCUT2D eigenvalue weighted by Gasteiger charge is -2.19. The van der Waals surface area contributed by atoms with Crippen LogP contribution in [-0.2, 0) is 11.3 Å². The monoisotopic (exact) mass is 299 g/mol. The van der Waals surface area contributed by atoms with Gasteiger partial charge in [0.1, 0.15) is 5.60 Å². The summed E-state index contributed by atoms with van der Waals surface area (Å²) < 4.78 is 5.23. The van der Waals surface area contributed by atoms with Crippen molar-refractivity contribution in [1.82, 2.24) is 4.98 Å². The number of rotatable bonds is 4. The molecular weight excluding hydrogens is 278 g/mol. The fourth-order valence-corrected chi connectivity index (χ4v) is 1.84. The Morgan fingerprint density at radius 2 is 1.95 bits per heavy atom. The molecule has 0 spiro atoms. The lowest BCUT2D eigenvalue weighted by Crippen LogP contribution is -2.27. The second-order valence-corrected chi connectivity index (χ2v) is 5.92. The maximum absolute atomic E-state index is 11.8. The van der Waals surface area contributed by atoms with Crippen LogP contribution in [0.2, 0.25) is 0 Å². The van der Waals surface area contributed by atoms with E-state index in [2.05, 4.69) is 15.6 Å². The van der Waals surface area contributed by atoms with Crippen LogP contribution in [0.1, 0.15) is 26.3 Å². The van der Waals surface area contributed by atoms with Gasteiger partial charge in [-0.25, -0.2) is 4.79 Å². The molecule has 0 fully saturated rings. The number of anilines is 2. The zero-order valence-corrected chi connectivity index (χ0v) is 13.1. The van der Waals surface area contributed by atoms with Crippen molar-refractivity contribution in [2.24, 2.45) is 0 Å². The summed E-state index contributed by atoms with van der Waals surface area (Å²) in [5.74, 6) is 0. The van der Waals surface area contributed by atoms with E-state index in [0.29, 0.717) is 12.2 Å². The highest BCUT2D eigenvalue weighted by Gasteiger charge is 2.16. The number of amides is 1. The number of nitrogens with one attached hydrogen (secondary N) is 2. The summed E-state index contributed by atoms with van der Waals surface area (Å²) in [5, 5.41) is 6.01. The molecule has 1 aromatic carbocycles. The standard InChI is InChI=1S/C17H21N3O2/c1-17(2,3)22-16(21)20-15-8-4-7-14(10-15)19-12-13-6-5-9-18-11-13/h4-11,19H,12H2,1-3H3,(H,20,21). The Bertz CT molecular complexity index is 621. The lowest BCUT2D eigenvalue weighted by atomic mass is 10.2. The van der Waals surface area contributed by atoms with E-state index in [-0.39, 0.29) is 0 Å². The van der Waals surface area contributed by atoms with Crippen molar-refractivity contribution < 1.29 is 9.53 Å². The van der Waals surface area contributed by atoms with E-state index < -0.39 is 11.7 Å². The van der Waals surface area contributed by atoms with Crippen molar-refractivity contribution in [2.75, 3.05) is 10.6 Å². The molecule has 0 saturated heterocycles. The minimum atomic E-state index is -0.514. The summed E-state index contributed by atoms with van der Waals surface area (Å²) in [5.41, 5.74) is 2.18. The van der Waals surface area contributed by atoms with E-state index in [1.54, 1.807) is 6.20 Å². The third kappa shape index (κ3) is 5.44. The molecule has 0 unspecified atom stereocenters. The maximum atomic E-state index is 11.8. The van der Waals surface area contributed by atoms with Crippen LogP contribution in [0.3, 0.4) is 0 Å². The first-order valence-corrected chi connectivity index (χ1v) is 7.15. The Hall–Kier alpha value is -2.56. The molecule has 2 rings (SSSR count). The number of hydrogen-bond donors (Lipinski definition) is 2. The van der Waals surface area contributed by atoms with Crippen LogP contribution in [0.4, 0.5) is 16.2 Å². The van der Waals surface area contributed by atoms with Crippen LogP contribution in [0.5, 0.6) is 0 Å². The van der Waals surface area contributed by atoms with Crippen LogP contribution in [0, 0.1) is 0 Å². The highest BCUT2D eigenvalue weighted by atomic mass is 16.6. The molecule has 0 radical (unpaired) electrons. The Balaban J connectivity index is 1.94. The fourth-order valence-electron chi connectivity index (χ4n) is 1.84. The van der Waals surface area contributed by atoms with Gasteiger partial charge in [0.15, 0.2) is 0 Å². The lowest BCUT2D eigenvalue weighted by molar-refractivity contribution is 0.0636. The van der Waals surface area contributed by atoms with Crippen LogP contribution in [0.25, 0.3) is 0 Å². The number of nitrogens with zero attached hydrogens (tertiary/aromatic N) is 1. The van der Waals surface area contributed by atoms with E-state index in [4.69, 9.17) is 4.74 Å². The van der Waals surface area contributed by atoms with Crippen molar-refractivity contribution in [1.29, 1.82) is 0 Å². The Morgan fingerprint density at radius 1 is 1.18 bits per heavy atom. The van der Waals surface area contributed by atoms with Crippen molar-refractivity contribution in [2.45, 2.75) is 32.9 Å². The third-order valence-electron chi connectivity index (χ3n) is 2.73. The summed E-state index contributed by atoms with van der Waals surface area (Å²) in [7, 11) is 0. The highest BCUT2D eigenvalue weighted by molar-refractivity contribution is 5.85. The second kappa shape index (κ2) is 6.93. The molecule has 0 atom stereocenters. The summed E-state index contributed by atoms with van der Waals surface area (Å²) in [4.78, 5) is 15.8. The van der Waals surface area contributed by atoms with Gasteiger partial charge in [0.05, 0.1) is 0 Å². The molecule has 0 bridgehead atoms. The van der Waals surface area contributed by atoms with Gasteiger partial charge in [0.25, 0.3) is 0 Å². The molecule has 1 aromatic heterocycles. The van der Waals surface area contributed by atoms with Crippen molar-refractivity contribution in [3.8, 4) is 0 Å². The van der Waals surface area contributed by atoms with Gasteiger partial charge in [-0.15, -0.1) is 0 Å². The molecule has 0 aliphatic carbocycles. The van der Waals surface area contributed by atoms with Crippen LogP contribution in [-0.4, -0.2) is 16.7 Å². The SMILES string of the molecule is CC(C)(C)OC(=O)Nc1cccc(NCc2cccnc2)c1.